The molecule has 4 heteroatoms. The number of amides is 1. The minimum absolute atomic E-state index is 0.1000. The van der Waals surface area contributed by atoms with Gasteiger partial charge in [-0.1, -0.05) is 13.8 Å². The maximum atomic E-state index is 11.7. The van der Waals surface area contributed by atoms with Gasteiger partial charge in [0.05, 0.1) is 5.56 Å². The van der Waals surface area contributed by atoms with Crippen molar-refractivity contribution >= 4 is 17.3 Å². The normalized spacial score (nSPS) is 10.4. The minimum atomic E-state index is -0.1000. The van der Waals surface area contributed by atoms with Crippen LogP contribution in [0.4, 0.5) is 11.4 Å². The van der Waals surface area contributed by atoms with E-state index in [1.54, 1.807) is 25.2 Å². The molecule has 0 heterocycles. The van der Waals surface area contributed by atoms with Gasteiger partial charge in [0.2, 0.25) is 0 Å². The molecule has 0 aliphatic rings. The van der Waals surface area contributed by atoms with E-state index < -0.39 is 0 Å². The van der Waals surface area contributed by atoms with Crippen LogP contribution in [0.2, 0.25) is 0 Å². The molecule has 0 saturated heterocycles. The molecular formula is C13H21N3O. The van der Waals surface area contributed by atoms with Crippen LogP contribution in [0.25, 0.3) is 0 Å². The number of nitrogens with two attached hydrogens (primary N) is 1. The zero-order valence-electron chi connectivity index (χ0n) is 10.7. The Balaban J connectivity index is 2.80. The van der Waals surface area contributed by atoms with Gasteiger partial charge in [0.25, 0.3) is 5.91 Å². The number of nitrogen functional groups attached to an aromatic ring is 1. The fourth-order valence-electron chi connectivity index (χ4n) is 1.54. The van der Waals surface area contributed by atoms with Crippen molar-refractivity contribution in [3.63, 3.8) is 0 Å². The third kappa shape index (κ3) is 3.98. The Morgan fingerprint density at radius 1 is 1.41 bits per heavy atom. The summed E-state index contributed by atoms with van der Waals surface area (Å²) in [4.78, 5) is 11.7. The van der Waals surface area contributed by atoms with Crippen LogP contribution in [0.1, 0.15) is 30.6 Å². The second kappa shape index (κ2) is 6.13. The van der Waals surface area contributed by atoms with E-state index in [2.05, 4.69) is 24.5 Å². The van der Waals surface area contributed by atoms with Gasteiger partial charge >= 0.3 is 0 Å². The van der Waals surface area contributed by atoms with Crippen molar-refractivity contribution in [2.24, 2.45) is 5.92 Å². The molecule has 1 amide bonds. The van der Waals surface area contributed by atoms with Crippen molar-refractivity contribution in [2.45, 2.75) is 20.3 Å². The van der Waals surface area contributed by atoms with E-state index in [-0.39, 0.29) is 5.91 Å². The fraction of sp³-hybridized carbons (Fsp3) is 0.462. The van der Waals surface area contributed by atoms with Crippen LogP contribution in [-0.4, -0.2) is 19.5 Å². The molecule has 0 atom stereocenters. The van der Waals surface area contributed by atoms with Gasteiger partial charge in [-0.3, -0.25) is 4.79 Å². The maximum absolute atomic E-state index is 11.7. The molecule has 0 radical (unpaired) electrons. The molecule has 94 valence electrons. The van der Waals surface area contributed by atoms with Crippen LogP contribution >= 0.6 is 0 Å². The highest BCUT2D eigenvalue weighted by atomic mass is 16.1. The lowest BCUT2D eigenvalue weighted by atomic mass is 10.1. The molecule has 1 aromatic carbocycles. The molecule has 0 bridgehead atoms. The van der Waals surface area contributed by atoms with Gasteiger partial charge in [0, 0.05) is 25.0 Å². The second-order valence-corrected chi connectivity index (χ2v) is 4.49. The summed E-state index contributed by atoms with van der Waals surface area (Å²) in [6.45, 7) is 5.17. The van der Waals surface area contributed by atoms with Crippen molar-refractivity contribution in [3.05, 3.63) is 23.8 Å². The Morgan fingerprint density at radius 3 is 2.71 bits per heavy atom. The van der Waals surface area contributed by atoms with Crippen molar-refractivity contribution in [2.75, 3.05) is 24.6 Å². The summed E-state index contributed by atoms with van der Waals surface area (Å²) in [6.07, 6.45) is 1.06. The molecule has 0 spiro atoms. The lowest BCUT2D eigenvalue weighted by molar-refractivity contribution is 0.0964. The summed E-state index contributed by atoms with van der Waals surface area (Å²) < 4.78 is 0. The molecule has 4 N–H and O–H groups in total. The van der Waals surface area contributed by atoms with Gasteiger partial charge in [0.1, 0.15) is 0 Å². The van der Waals surface area contributed by atoms with E-state index in [4.69, 9.17) is 5.73 Å². The van der Waals surface area contributed by atoms with Crippen molar-refractivity contribution < 1.29 is 4.79 Å². The first-order valence-electron chi connectivity index (χ1n) is 5.90. The molecule has 0 aromatic heterocycles. The molecule has 1 aromatic rings. The quantitative estimate of drug-likeness (QED) is 0.684. The van der Waals surface area contributed by atoms with Crippen molar-refractivity contribution in [3.8, 4) is 0 Å². The summed E-state index contributed by atoms with van der Waals surface area (Å²) in [5, 5.41) is 5.88. The number of hydrogen-bond donors (Lipinski definition) is 3. The molecule has 0 saturated carbocycles. The van der Waals surface area contributed by atoms with E-state index in [0.29, 0.717) is 17.2 Å². The minimum Gasteiger partial charge on any atom is -0.399 e. The topological polar surface area (TPSA) is 67.2 Å². The van der Waals surface area contributed by atoms with Gasteiger partial charge in [-0.25, -0.2) is 0 Å². The van der Waals surface area contributed by atoms with Gasteiger partial charge in [-0.05, 0) is 30.5 Å². The Labute approximate surface area is 103 Å². The Morgan fingerprint density at radius 2 is 2.12 bits per heavy atom. The first-order valence-corrected chi connectivity index (χ1v) is 5.90. The fourth-order valence-corrected chi connectivity index (χ4v) is 1.54. The number of carbonyl (C=O) groups is 1. The second-order valence-electron chi connectivity index (χ2n) is 4.49. The van der Waals surface area contributed by atoms with Gasteiger partial charge in [-0.15, -0.1) is 0 Å². The predicted molar refractivity (Wildman–Crippen MR) is 72.2 cm³/mol. The maximum Gasteiger partial charge on any atom is 0.253 e. The van der Waals surface area contributed by atoms with E-state index in [0.717, 1.165) is 18.7 Å². The molecule has 0 unspecified atom stereocenters. The number of nitrogens with one attached hydrogen (secondary N) is 2. The number of hydrogen-bond acceptors (Lipinski definition) is 3. The van der Waals surface area contributed by atoms with Crippen molar-refractivity contribution in [1.29, 1.82) is 0 Å². The average Bonchev–Trinajstić information content (AvgIpc) is 2.28. The lowest BCUT2D eigenvalue weighted by Crippen LogP contribution is -2.20. The monoisotopic (exact) mass is 235 g/mol. The molecule has 4 nitrogen and oxygen atoms in total. The molecule has 0 fully saturated rings. The smallest absolute Gasteiger partial charge is 0.253 e. The SMILES string of the molecule is CNC(=O)c1ccc(N)cc1NCCC(C)C. The molecular weight excluding hydrogens is 214 g/mol. The number of carbonyl (C=O) groups excluding carboxylic acids is 1. The predicted octanol–water partition coefficient (Wildman–Crippen LogP) is 2.09. The van der Waals surface area contributed by atoms with Gasteiger partial charge in [0.15, 0.2) is 0 Å². The molecule has 0 aliphatic carbocycles. The summed E-state index contributed by atoms with van der Waals surface area (Å²) in [7, 11) is 1.62. The van der Waals surface area contributed by atoms with Crippen LogP contribution in [-0.2, 0) is 0 Å². The Bertz CT molecular complexity index is 388. The van der Waals surface area contributed by atoms with E-state index in [1.807, 2.05) is 0 Å². The Kier molecular flexibility index (Phi) is 4.82. The zero-order chi connectivity index (χ0) is 12.8. The van der Waals surface area contributed by atoms with Crippen LogP contribution in [0.15, 0.2) is 18.2 Å². The molecule has 17 heavy (non-hydrogen) atoms. The summed E-state index contributed by atoms with van der Waals surface area (Å²) in [6, 6.07) is 5.27. The average molecular weight is 235 g/mol. The lowest BCUT2D eigenvalue weighted by Gasteiger charge is -2.13. The third-order valence-corrected chi connectivity index (χ3v) is 2.55. The largest absolute Gasteiger partial charge is 0.399 e. The summed E-state index contributed by atoms with van der Waals surface area (Å²) in [5.74, 6) is 0.532. The highest BCUT2D eigenvalue weighted by Gasteiger charge is 2.09. The van der Waals surface area contributed by atoms with E-state index in [1.165, 1.54) is 0 Å². The van der Waals surface area contributed by atoms with Gasteiger partial charge < -0.3 is 16.4 Å². The highest BCUT2D eigenvalue weighted by Crippen LogP contribution is 2.19. The van der Waals surface area contributed by atoms with Crippen LogP contribution < -0.4 is 16.4 Å². The summed E-state index contributed by atoms with van der Waals surface area (Å²) >= 11 is 0. The zero-order valence-corrected chi connectivity index (χ0v) is 10.7. The van der Waals surface area contributed by atoms with Crippen LogP contribution in [0.5, 0.6) is 0 Å². The number of rotatable bonds is 5. The number of benzene rings is 1. The van der Waals surface area contributed by atoms with Crippen LogP contribution in [0, 0.1) is 5.92 Å². The number of anilines is 2. The Hall–Kier alpha value is -1.71. The van der Waals surface area contributed by atoms with E-state index in [9.17, 15) is 4.79 Å². The third-order valence-electron chi connectivity index (χ3n) is 2.55. The van der Waals surface area contributed by atoms with Crippen LogP contribution in [0.3, 0.4) is 0 Å². The highest BCUT2D eigenvalue weighted by molar-refractivity contribution is 6.00. The van der Waals surface area contributed by atoms with Crippen molar-refractivity contribution in [1.82, 2.24) is 5.32 Å². The molecule has 0 aliphatic heterocycles. The molecule has 1 rings (SSSR count). The first kappa shape index (κ1) is 13.4. The standard InChI is InChI=1S/C13H21N3O/c1-9(2)6-7-16-12-8-10(14)4-5-11(12)13(17)15-3/h4-5,8-9,16H,6-7,14H2,1-3H3,(H,15,17). The summed E-state index contributed by atoms with van der Waals surface area (Å²) in [5.41, 5.74) is 7.81. The van der Waals surface area contributed by atoms with Gasteiger partial charge in [-0.2, -0.15) is 0 Å². The first-order chi connectivity index (χ1) is 8.04. The van der Waals surface area contributed by atoms with E-state index >= 15 is 0 Å².